The van der Waals surface area contributed by atoms with Gasteiger partial charge in [0.1, 0.15) is 0 Å². The van der Waals surface area contributed by atoms with Gasteiger partial charge in [-0.1, -0.05) is 29.2 Å². The van der Waals surface area contributed by atoms with Crippen molar-refractivity contribution in [2.24, 2.45) is 0 Å². The molecule has 0 spiro atoms. The molecule has 26 heavy (non-hydrogen) atoms. The summed E-state index contributed by atoms with van der Waals surface area (Å²) in [6, 6.07) is 5.57. The van der Waals surface area contributed by atoms with Gasteiger partial charge in [0.2, 0.25) is 11.0 Å². The van der Waals surface area contributed by atoms with Crippen molar-refractivity contribution in [3.63, 3.8) is 0 Å². The molecule has 9 heteroatoms. The van der Waals surface area contributed by atoms with E-state index in [2.05, 4.69) is 32.2 Å². The quantitative estimate of drug-likeness (QED) is 0.530. The van der Waals surface area contributed by atoms with Crippen LogP contribution in [0, 0.1) is 13.8 Å². The highest BCUT2D eigenvalue weighted by Gasteiger charge is 2.15. The van der Waals surface area contributed by atoms with E-state index in [1.807, 2.05) is 46.8 Å². The predicted molar refractivity (Wildman–Crippen MR) is 107 cm³/mol. The third-order valence-corrected chi connectivity index (χ3v) is 4.92. The first-order valence-corrected chi connectivity index (χ1v) is 9.84. The number of aromatic nitrogens is 2. The summed E-state index contributed by atoms with van der Waals surface area (Å²) in [5.41, 5.74) is 2.65. The van der Waals surface area contributed by atoms with Crippen LogP contribution in [0.1, 0.15) is 31.9 Å². The van der Waals surface area contributed by atoms with Crippen LogP contribution in [0.25, 0.3) is 0 Å². The van der Waals surface area contributed by atoms with Crippen molar-refractivity contribution < 1.29 is 9.59 Å². The standard InChI is InChI=1S/C17H23N5O2S2/c1-10-6-11(2)8-12(7-10)18-13(23)9-25-16-22-21-15(26-16)19-14(24)20-17(3,4)5/h6-8H,9H2,1-5H3,(H,18,23)(H2,19,20,21,24). The number of hydrogen-bond acceptors (Lipinski definition) is 6. The third-order valence-electron chi connectivity index (χ3n) is 2.95. The van der Waals surface area contributed by atoms with E-state index in [1.54, 1.807) is 0 Å². The van der Waals surface area contributed by atoms with Gasteiger partial charge in [0, 0.05) is 11.2 Å². The Morgan fingerprint density at radius 2 is 1.73 bits per heavy atom. The van der Waals surface area contributed by atoms with Gasteiger partial charge in [-0.25, -0.2) is 4.79 Å². The molecule has 140 valence electrons. The first-order chi connectivity index (χ1) is 12.1. The average molecular weight is 394 g/mol. The summed E-state index contributed by atoms with van der Waals surface area (Å²) in [7, 11) is 0. The van der Waals surface area contributed by atoms with Crippen LogP contribution in [0.5, 0.6) is 0 Å². The van der Waals surface area contributed by atoms with E-state index in [0.29, 0.717) is 9.47 Å². The van der Waals surface area contributed by atoms with Crippen LogP contribution in [0.15, 0.2) is 22.5 Å². The molecule has 0 radical (unpaired) electrons. The molecule has 0 unspecified atom stereocenters. The molecule has 0 aliphatic carbocycles. The second-order valence-corrected chi connectivity index (χ2v) is 9.12. The van der Waals surface area contributed by atoms with Crippen LogP contribution in [0.4, 0.5) is 15.6 Å². The Morgan fingerprint density at radius 1 is 1.08 bits per heavy atom. The Bertz CT molecular complexity index is 778. The topological polar surface area (TPSA) is 96.0 Å². The van der Waals surface area contributed by atoms with Crippen molar-refractivity contribution in [3.05, 3.63) is 29.3 Å². The number of carbonyl (C=O) groups is 2. The normalized spacial score (nSPS) is 11.1. The molecule has 0 bridgehead atoms. The number of hydrogen-bond donors (Lipinski definition) is 3. The Kier molecular flexibility index (Phi) is 6.60. The SMILES string of the molecule is Cc1cc(C)cc(NC(=O)CSc2nnc(NC(=O)NC(C)(C)C)s2)c1. The highest BCUT2D eigenvalue weighted by molar-refractivity contribution is 8.01. The van der Waals surface area contributed by atoms with Gasteiger partial charge in [0.15, 0.2) is 4.34 Å². The minimum atomic E-state index is -0.335. The van der Waals surface area contributed by atoms with Crippen molar-refractivity contribution in [1.29, 1.82) is 0 Å². The molecular formula is C17H23N5O2S2. The molecular weight excluding hydrogens is 370 g/mol. The molecule has 0 aliphatic rings. The van der Waals surface area contributed by atoms with Crippen molar-refractivity contribution in [2.75, 3.05) is 16.4 Å². The molecule has 0 aliphatic heterocycles. The lowest BCUT2D eigenvalue weighted by Crippen LogP contribution is -2.43. The molecule has 3 N–H and O–H groups in total. The molecule has 2 aromatic rings. The van der Waals surface area contributed by atoms with E-state index in [1.165, 1.54) is 23.1 Å². The smallest absolute Gasteiger partial charge is 0.321 e. The lowest BCUT2D eigenvalue weighted by Gasteiger charge is -2.19. The number of benzene rings is 1. The van der Waals surface area contributed by atoms with E-state index in [-0.39, 0.29) is 23.2 Å². The summed E-state index contributed by atoms with van der Waals surface area (Å²) in [6.07, 6.45) is 0. The summed E-state index contributed by atoms with van der Waals surface area (Å²) in [6.45, 7) is 9.65. The van der Waals surface area contributed by atoms with Gasteiger partial charge in [0.25, 0.3) is 0 Å². The summed E-state index contributed by atoms with van der Waals surface area (Å²) >= 11 is 2.51. The number of urea groups is 1. The maximum Gasteiger partial charge on any atom is 0.321 e. The molecule has 0 saturated carbocycles. The van der Waals surface area contributed by atoms with Gasteiger partial charge in [-0.3, -0.25) is 10.1 Å². The summed E-state index contributed by atoms with van der Waals surface area (Å²) in [4.78, 5) is 23.9. The molecule has 1 heterocycles. The fraction of sp³-hybridized carbons (Fsp3) is 0.412. The second-order valence-electron chi connectivity index (χ2n) is 6.92. The largest absolute Gasteiger partial charge is 0.333 e. The van der Waals surface area contributed by atoms with Crippen LogP contribution < -0.4 is 16.0 Å². The summed E-state index contributed by atoms with van der Waals surface area (Å²) in [5, 5.41) is 16.6. The molecule has 0 saturated heterocycles. The van der Waals surface area contributed by atoms with Crippen LogP contribution in [-0.4, -0.2) is 33.4 Å². The number of nitrogens with one attached hydrogen (secondary N) is 3. The first kappa shape index (κ1) is 20.2. The lowest BCUT2D eigenvalue weighted by atomic mass is 10.1. The van der Waals surface area contributed by atoms with E-state index in [4.69, 9.17) is 0 Å². The maximum atomic E-state index is 12.1. The Hall–Kier alpha value is -2.13. The molecule has 1 aromatic heterocycles. The highest BCUT2D eigenvalue weighted by atomic mass is 32.2. The van der Waals surface area contributed by atoms with Crippen molar-refractivity contribution in [1.82, 2.24) is 15.5 Å². The molecule has 3 amide bonds. The monoisotopic (exact) mass is 393 g/mol. The number of anilines is 2. The summed E-state index contributed by atoms with van der Waals surface area (Å²) < 4.78 is 0.617. The number of thioether (sulfide) groups is 1. The maximum absolute atomic E-state index is 12.1. The zero-order chi connectivity index (χ0) is 19.3. The predicted octanol–water partition coefficient (Wildman–Crippen LogP) is 3.81. The first-order valence-electron chi connectivity index (χ1n) is 8.04. The minimum absolute atomic E-state index is 0.116. The zero-order valence-electron chi connectivity index (χ0n) is 15.5. The lowest BCUT2D eigenvalue weighted by molar-refractivity contribution is -0.113. The summed E-state index contributed by atoms with van der Waals surface area (Å²) in [5.74, 6) is 0.102. The number of amides is 3. The van der Waals surface area contributed by atoms with Gasteiger partial charge in [-0.2, -0.15) is 0 Å². The fourth-order valence-electron chi connectivity index (χ4n) is 2.16. The van der Waals surface area contributed by atoms with E-state index in [9.17, 15) is 9.59 Å². The van der Waals surface area contributed by atoms with E-state index < -0.39 is 0 Å². The van der Waals surface area contributed by atoms with Crippen LogP contribution in [0.2, 0.25) is 0 Å². The molecule has 0 atom stereocenters. The zero-order valence-corrected chi connectivity index (χ0v) is 17.1. The number of carbonyl (C=O) groups excluding carboxylic acids is 2. The van der Waals surface area contributed by atoms with Gasteiger partial charge >= 0.3 is 6.03 Å². The van der Waals surface area contributed by atoms with Crippen LogP contribution in [0.3, 0.4) is 0 Å². The van der Waals surface area contributed by atoms with Gasteiger partial charge < -0.3 is 10.6 Å². The van der Waals surface area contributed by atoms with Gasteiger partial charge in [-0.05, 0) is 57.9 Å². The second kappa shape index (κ2) is 8.50. The third kappa shape index (κ3) is 7.01. The molecule has 0 fully saturated rings. The van der Waals surface area contributed by atoms with Crippen molar-refractivity contribution in [3.8, 4) is 0 Å². The minimum Gasteiger partial charge on any atom is -0.333 e. The number of aryl methyl sites for hydroxylation is 2. The Morgan fingerprint density at radius 3 is 2.35 bits per heavy atom. The van der Waals surface area contributed by atoms with Crippen molar-refractivity contribution >= 4 is 45.9 Å². The van der Waals surface area contributed by atoms with E-state index >= 15 is 0 Å². The molecule has 1 aromatic carbocycles. The van der Waals surface area contributed by atoms with Crippen LogP contribution in [-0.2, 0) is 4.79 Å². The van der Waals surface area contributed by atoms with E-state index in [0.717, 1.165) is 16.8 Å². The number of rotatable bonds is 5. The average Bonchev–Trinajstić information content (AvgIpc) is 2.89. The van der Waals surface area contributed by atoms with Crippen molar-refractivity contribution in [2.45, 2.75) is 44.5 Å². The fourth-order valence-corrected chi connectivity index (χ4v) is 3.71. The Labute approximate surface area is 161 Å². The van der Waals surface area contributed by atoms with Crippen LogP contribution >= 0.6 is 23.1 Å². The highest BCUT2D eigenvalue weighted by Crippen LogP contribution is 2.25. The van der Waals surface area contributed by atoms with Gasteiger partial charge in [-0.15, -0.1) is 10.2 Å². The number of nitrogens with zero attached hydrogens (tertiary/aromatic N) is 2. The van der Waals surface area contributed by atoms with Gasteiger partial charge in [0.05, 0.1) is 5.75 Å². The molecule has 7 nitrogen and oxygen atoms in total. The Balaban J connectivity index is 1.83. The molecule has 2 rings (SSSR count).